The molecule has 0 aliphatic carbocycles. The second-order valence-electron chi connectivity index (χ2n) is 19.6. The summed E-state index contributed by atoms with van der Waals surface area (Å²) >= 11 is 2.43. The first-order valence-corrected chi connectivity index (χ1v) is 27.3. The van der Waals surface area contributed by atoms with Gasteiger partial charge in [0.1, 0.15) is 22.8 Å². The van der Waals surface area contributed by atoms with E-state index < -0.39 is 72.8 Å². The fourth-order valence-corrected chi connectivity index (χ4v) is 8.94. The standard InChI is InChI=1S/C48H64N14O8S2.2C2HF3O2/c1-27(2)39-37(45(69)49-16-12-18-59(5)6)55-47(71-39)57-43(67)33-21-31(25-61(33)9)53-35(63)23-51-41(65)29-14-11-15-30(20-29)42(66)52-24-36(64)54-32-22-34(62(10)26-32)44(68)58-48-56-38(40(72-48)28(3)4)46(70)50-17-13-19-60(7)8;2*3-2(4,5)1(6)7/h11,14-15,20-22,25-28H,12-13,16-19,23-24H2,1-10H3,(H,49,69)(H,50,70)(H,51,65)(H,52,66)(H,53,63)(H,54,64)(H,55,57,67)(H,56,58,68);2*(H,6,7). The van der Waals surface area contributed by atoms with Gasteiger partial charge in [-0.25, -0.2) is 19.6 Å². The quantitative estimate of drug-likeness (QED) is 0.0273. The molecule has 26 nitrogen and oxygen atoms in total. The maximum Gasteiger partial charge on any atom is 0.490 e. The molecule has 0 atom stereocenters. The van der Waals surface area contributed by atoms with Gasteiger partial charge in [0.15, 0.2) is 10.3 Å². The number of benzene rings is 1. The van der Waals surface area contributed by atoms with Crippen LogP contribution in [0.25, 0.3) is 0 Å². The zero-order valence-corrected chi connectivity index (χ0v) is 49.8. The summed E-state index contributed by atoms with van der Waals surface area (Å²) in [4.78, 5) is 137. The van der Waals surface area contributed by atoms with E-state index in [1.807, 2.05) is 65.7 Å². The summed E-state index contributed by atoms with van der Waals surface area (Å²) in [5.41, 5.74) is 1.66. The number of amides is 8. The summed E-state index contributed by atoms with van der Waals surface area (Å²) < 4.78 is 66.5. The molecular formula is C52H66F6N14O12S2. The van der Waals surface area contributed by atoms with Crippen molar-refractivity contribution in [3.63, 3.8) is 0 Å². The Kier molecular flexibility index (Phi) is 27.0. The lowest BCUT2D eigenvalue weighted by Crippen LogP contribution is -2.34. The molecule has 0 fully saturated rings. The molecular weight excluding hydrogens is 1190 g/mol. The zero-order valence-electron chi connectivity index (χ0n) is 48.2. The lowest BCUT2D eigenvalue weighted by Gasteiger charge is -2.10. The minimum Gasteiger partial charge on any atom is -0.475 e. The molecule has 0 radical (unpaired) electrons. The number of thiazole rings is 2. The van der Waals surface area contributed by atoms with Gasteiger partial charge in [0, 0.05) is 60.5 Å². The Hall–Kier alpha value is -8.76. The zero-order chi connectivity index (χ0) is 65.0. The molecule has 0 spiro atoms. The molecule has 0 bridgehead atoms. The Balaban J connectivity index is 0.00000123. The molecule has 0 aliphatic heterocycles. The third-order valence-electron chi connectivity index (χ3n) is 11.1. The van der Waals surface area contributed by atoms with Gasteiger partial charge in [0.05, 0.1) is 24.5 Å². The number of carbonyl (C=O) groups is 10. The molecule has 10 N–H and O–H groups in total. The van der Waals surface area contributed by atoms with Crippen LogP contribution in [0.5, 0.6) is 0 Å². The number of hydrogen-bond donors (Lipinski definition) is 10. The van der Waals surface area contributed by atoms with E-state index in [2.05, 4.69) is 52.5 Å². The third-order valence-corrected chi connectivity index (χ3v) is 13.6. The van der Waals surface area contributed by atoms with E-state index in [0.29, 0.717) is 13.1 Å². The highest BCUT2D eigenvalue weighted by Gasteiger charge is 2.39. The number of carboxylic acid groups (broad SMARTS) is 2. The topological polar surface area (TPSA) is 350 Å². The summed E-state index contributed by atoms with van der Waals surface area (Å²) in [6.45, 7) is 9.49. The minimum absolute atomic E-state index is 0.0126. The van der Waals surface area contributed by atoms with Crippen LogP contribution in [0, 0.1) is 0 Å². The number of halogens is 6. The first kappa shape index (κ1) is 71.5. The van der Waals surface area contributed by atoms with Gasteiger partial charge in [-0.2, -0.15) is 26.3 Å². The van der Waals surface area contributed by atoms with Crippen molar-refractivity contribution in [1.82, 2.24) is 50.2 Å². The van der Waals surface area contributed by atoms with Crippen LogP contribution in [0.4, 0.5) is 48.0 Å². The number of carboxylic acids is 2. The average molecular weight is 1260 g/mol. The number of nitrogens with one attached hydrogen (secondary N) is 8. The summed E-state index contributed by atoms with van der Waals surface area (Å²) in [7, 11) is 11.1. The van der Waals surface area contributed by atoms with Crippen molar-refractivity contribution in [1.29, 1.82) is 0 Å². The summed E-state index contributed by atoms with van der Waals surface area (Å²) in [5, 5.41) is 36.4. The molecule has 4 aromatic heterocycles. The predicted molar refractivity (Wildman–Crippen MR) is 306 cm³/mol. The van der Waals surface area contributed by atoms with Crippen LogP contribution >= 0.6 is 22.7 Å². The fraction of sp³-hybridized carbons (Fsp3) is 0.423. The van der Waals surface area contributed by atoms with Gasteiger partial charge < -0.3 is 61.0 Å². The highest BCUT2D eigenvalue weighted by Crippen LogP contribution is 2.32. The van der Waals surface area contributed by atoms with E-state index in [1.54, 1.807) is 14.1 Å². The van der Waals surface area contributed by atoms with Gasteiger partial charge in [-0.3, -0.25) is 49.0 Å². The smallest absolute Gasteiger partial charge is 0.475 e. The van der Waals surface area contributed by atoms with E-state index in [1.165, 1.54) is 80.6 Å². The van der Waals surface area contributed by atoms with E-state index in [4.69, 9.17) is 19.8 Å². The lowest BCUT2D eigenvalue weighted by atomic mass is 10.1. The number of aliphatic carboxylic acids is 2. The second kappa shape index (κ2) is 32.5. The molecule has 8 amide bonds. The maximum absolute atomic E-state index is 13.3. The minimum atomic E-state index is -5.08. The largest absolute Gasteiger partial charge is 0.490 e. The van der Waals surface area contributed by atoms with Crippen molar-refractivity contribution < 1.29 is 84.5 Å². The molecule has 470 valence electrons. The molecule has 86 heavy (non-hydrogen) atoms. The number of nitrogens with zero attached hydrogens (tertiary/aromatic N) is 6. The van der Waals surface area contributed by atoms with Crippen LogP contribution in [0.2, 0.25) is 0 Å². The lowest BCUT2D eigenvalue weighted by molar-refractivity contribution is -0.193. The Bertz CT molecular complexity index is 3030. The molecule has 1 aromatic carbocycles. The number of carbonyl (C=O) groups excluding carboxylic acids is 8. The molecule has 34 heteroatoms. The number of alkyl halides is 6. The first-order chi connectivity index (χ1) is 40.0. The van der Waals surface area contributed by atoms with Crippen LogP contribution in [-0.4, -0.2) is 178 Å². The number of anilines is 4. The van der Waals surface area contributed by atoms with Crippen LogP contribution in [-0.2, 0) is 33.3 Å². The molecule has 5 rings (SSSR count). The Morgan fingerprint density at radius 3 is 1.17 bits per heavy atom. The monoisotopic (exact) mass is 1260 g/mol. The molecule has 0 unspecified atom stereocenters. The van der Waals surface area contributed by atoms with Gasteiger partial charge in [-0.15, -0.1) is 22.7 Å². The molecule has 0 aliphatic rings. The number of rotatable bonds is 24. The van der Waals surface area contributed by atoms with Gasteiger partial charge in [0.2, 0.25) is 11.8 Å². The van der Waals surface area contributed by atoms with E-state index in [-0.39, 0.29) is 79.2 Å². The normalized spacial score (nSPS) is 11.2. The predicted octanol–water partition coefficient (Wildman–Crippen LogP) is 5.39. The van der Waals surface area contributed by atoms with Crippen molar-refractivity contribution in [2.24, 2.45) is 14.1 Å². The van der Waals surface area contributed by atoms with Gasteiger partial charge >= 0.3 is 24.3 Å². The Morgan fingerprint density at radius 1 is 0.535 bits per heavy atom. The number of aryl methyl sites for hydroxylation is 2. The second-order valence-corrected chi connectivity index (χ2v) is 21.7. The van der Waals surface area contributed by atoms with E-state index in [0.717, 1.165) is 35.7 Å². The van der Waals surface area contributed by atoms with Gasteiger partial charge in [-0.05, 0) is 96.3 Å². The van der Waals surface area contributed by atoms with E-state index in [9.17, 15) is 64.7 Å². The first-order valence-electron chi connectivity index (χ1n) is 25.7. The highest BCUT2D eigenvalue weighted by atomic mass is 32.1. The summed E-state index contributed by atoms with van der Waals surface area (Å²) in [6, 6.07) is 8.63. The molecule has 5 aromatic rings. The highest BCUT2D eigenvalue weighted by molar-refractivity contribution is 7.16. The van der Waals surface area contributed by atoms with Gasteiger partial charge in [-0.1, -0.05) is 33.8 Å². The van der Waals surface area contributed by atoms with Crippen molar-refractivity contribution in [3.8, 4) is 0 Å². The van der Waals surface area contributed by atoms with Crippen molar-refractivity contribution in [2.45, 2.75) is 64.7 Å². The fourth-order valence-electron chi connectivity index (χ4n) is 7.02. The summed E-state index contributed by atoms with van der Waals surface area (Å²) in [6.07, 6.45) is -5.56. The maximum atomic E-state index is 13.3. The SMILES string of the molecule is CC(C)c1sc(NC(=O)c2cc(NC(=O)CNC(=O)c3cccc(C(=O)NCC(=O)Nc4cc(C(=O)Nc5nc(C(=O)NCCCN(C)C)c(C(C)C)s5)n(C)c4)c3)cn2C)nc1C(=O)NCCCN(C)C.O=C(O)C(F)(F)F.O=C(O)C(F)(F)F. The Labute approximate surface area is 496 Å². The average Bonchev–Trinajstić information content (AvgIpc) is 3.59. The van der Waals surface area contributed by atoms with Crippen LogP contribution in [0.15, 0.2) is 48.8 Å². The van der Waals surface area contributed by atoms with E-state index >= 15 is 0 Å². The van der Waals surface area contributed by atoms with Crippen LogP contribution in [0.1, 0.15) is 125 Å². The Morgan fingerprint density at radius 2 is 0.872 bits per heavy atom. The number of aromatic nitrogens is 4. The van der Waals surface area contributed by atoms with Crippen molar-refractivity contribution >= 4 is 104 Å². The molecule has 0 saturated carbocycles. The van der Waals surface area contributed by atoms with Crippen LogP contribution < -0.4 is 42.5 Å². The van der Waals surface area contributed by atoms with Crippen LogP contribution in [0.3, 0.4) is 0 Å². The van der Waals surface area contributed by atoms with Gasteiger partial charge in [0.25, 0.3) is 35.4 Å². The van der Waals surface area contributed by atoms with Crippen molar-refractivity contribution in [3.05, 3.63) is 92.4 Å². The molecule has 0 saturated heterocycles. The third kappa shape index (κ3) is 23.4. The molecule has 4 heterocycles. The summed E-state index contributed by atoms with van der Waals surface area (Å²) in [5.74, 6) is -9.65. The van der Waals surface area contributed by atoms with Crippen molar-refractivity contribution in [2.75, 3.05) is 88.7 Å². The number of hydrogen-bond acceptors (Lipinski definition) is 16.